The number of amides is 1. The Morgan fingerprint density at radius 3 is 2.59 bits per heavy atom. The predicted molar refractivity (Wildman–Crippen MR) is 161 cm³/mol. The van der Waals surface area contributed by atoms with E-state index in [-0.39, 0.29) is 53.5 Å². The van der Waals surface area contributed by atoms with Crippen molar-refractivity contribution in [2.45, 2.75) is 135 Å². The van der Waals surface area contributed by atoms with Gasteiger partial charge in [0.25, 0.3) is 0 Å². The minimum atomic E-state index is -0.980. The van der Waals surface area contributed by atoms with Crippen molar-refractivity contribution in [2.24, 2.45) is 46.3 Å². The number of Topliss-reactive ketones (excluding diaryl/α,β-unsaturated/α-hetero) is 1. The molecule has 3 aliphatic heterocycles. The summed E-state index contributed by atoms with van der Waals surface area (Å²) in [6.07, 6.45) is 11.0. The van der Waals surface area contributed by atoms with E-state index in [0.29, 0.717) is 67.1 Å². The van der Waals surface area contributed by atoms with Crippen molar-refractivity contribution >= 4 is 23.6 Å². The number of carbonyl (C=O) groups excluding carboxylic acids is 3. The summed E-state index contributed by atoms with van der Waals surface area (Å²) in [5.74, 6) is 1.18. The Bertz CT molecular complexity index is 1200. The first-order valence-electron chi connectivity index (χ1n) is 17.7. The second-order valence-corrected chi connectivity index (χ2v) is 16.0. The lowest BCUT2D eigenvalue weighted by atomic mass is 9.44. The first-order valence-corrected chi connectivity index (χ1v) is 17.7. The van der Waals surface area contributed by atoms with E-state index in [2.05, 4.69) is 26.1 Å². The fourth-order valence-electron chi connectivity index (χ4n) is 12.0. The highest BCUT2D eigenvalue weighted by atomic mass is 16.5. The van der Waals surface area contributed by atoms with Crippen LogP contribution in [0.5, 0.6) is 0 Å². The molecule has 2 N–H and O–H groups in total. The normalized spacial score (nSPS) is 47.9. The molecule has 7 aliphatic rings. The van der Waals surface area contributed by atoms with Gasteiger partial charge in [-0.1, -0.05) is 20.8 Å². The van der Waals surface area contributed by atoms with Crippen molar-refractivity contribution in [3.8, 4) is 0 Å². The van der Waals surface area contributed by atoms with E-state index in [9.17, 15) is 24.3 Å². The molecule has 0 aromatic rings. The van der Waals surface area contributed by atoms with Gasteiger partial charge >= 0.3 is 11.9 Å². The maximum absolute atomic E-state index is 14.3. The number of hydrogen-bond donors (Lipinski definition) is 2. The number of nitrogens with one attached hydrogen (secondary N) is 1. The average molecular weight is 613 g/mol. The molecule has 4 saturated carbocycles. The fraction of sp³-hybridized carbons (Fsp3) is 0.886. The summed E-state index contributed by atoms with van der Waals surface area (Å²) in [4.78, 5) is 52.5. The minimum Gasteiger partial charge on any atom is -0.480 e. The minimum absolute atomic E-state index is 0.00992. The van der Waals surface area contributed by atoms with E-state index in [1.54, 1.807) is 0 Å². The molecular formula is C35H52N2O7. The van der Waals surface area contributed by atoms with Gasteiger partial charge in [0.1, 0.15) is 23.7 Å². The SMILES string of the molecule is C[C@H]1C2C(CC3C4CC[C@H]5C[C@@H](OC(=O)CCC(=O)N6CCC[C@H]6C(=O)O)CC[C@]5(C)C4CC(=O)[C@@]32C)O[C@]12CCCCN2. The van der Waals surface area contributed by atoms with Gasteiger partial charge in [-0.2, -0.15) is 0 Å². The Hall–Kier alpha value is -2.00. The quantitative estimate of drug-likeness (QED) is 0.429. The molecule has 12 atom stereocenters. The van der Waals surface area contributed by atoms with Gasteiger partial charge in [0.05, 0.1) is 12.5 Å². The molecule has 9 heteroatoms. The molecule has 0 aromatic carbocycles. The second-order valence-electron chi connectivity index (χ2n) is 16.0. The van der Waals surface area contributed by atoms with E-state index in [1.807, 2.05) is 0 Å². The highest BCUT2D eigenvalue weighted by molar-refractivity contribution is 5.87. The number of hydrogen-bond acceptors (Lipinski definition) is 7. The van der Waals surface area contributed by atoms with E-state index in [1.165, 1.54) is 17.7 Å². The summed E-state index contributed by atoms with van der Waals surface area (Å²) in [5.41, 5.74) is -0.488. The van der Waals surface area contributed by atoms with Gasteiger partial charge in [-0.15, -0.1) is 0 Å². The number of likely N-dealkylation sites (tertiary alicyclic amines) is 1. The van der Waals surface area contributed by atoms with E-state index in [0.717, 1.165) is 51.5 Å². The summed E-state index contributed by atoms with van der Waals surface area (Å²) >= 11 is 0. The molecule has 1 spiro atoms. The molecule has 7 rings (SSSR count). The van der Waals surface area contributed by atoms with Crippen molar-refractivity contribution < 1.29 is 33.8 Å². The molecule has 7 fully saturated rings. The number of aliphatic carboxylic acids is 1. The fourth-order valence-corrected chi connectivity index (χ4v) is 12.0. The van der Waals surface area contributed by atoms with Crippen molar-refractivity contribution in [1.82, 2.24) is 10.2 Å². The van der Waals surface area contributed by atoms with Crippen molar-refractivity contribution in [1.29, 1.82) is 0 Å². The predicted octanol–water partition coefficient (Wildman–Crippen LogP) is 4.71. The van der Waals surface area contributed by atoms with Crippen LogP contribution in [0.2, 0.25) is 0 Å². The zero-order chi connectivity index (χ0) is 31.0. The molecule has 0 bridgehead atoms. The van der Waals surface area contributed by atoms with Crippen molar-refractivity contribution in [3.63, 3.8) is 0 Å². The van der Waals surface area contributed by atoms with Gasteiger partial charge in [-0.05, 0) is 106 Å². The second kappa shape index (κ2) is 11.1. The van der Waals surface area contributed by atoms with Crippen LogP contribution < -0.4 is 5.32 Å². The van der Waals surface area contributed by atoms with Crippen LogP contribution in [0.1, 0.15) is 111 Å². The summed E-state index contributed by atoms with van der Waals surface area (Å²) in [5, 5.41) is 13.1. The molecule has 5 unspecified atom stereocenters. The van der Waals surface area contributed by atoms with Gasteiger partial charge in [-0.3, -0.25) is 19.7 Å². The first kappa shape index (κ1) is 30.6. The number of ether oxygens (including phenoxy) is 2. The van der Waals surface area contributed by atoms with E-state index < -0.39 is 12.0 Å². The van der Waals surface area contributed by atoms with E-state index in [4.69, 9.17) is 9.47 Å². The average Bonchev–Trinajstić information content (AvgIpc) is 3.67. The van der Waals surface area contributed by atoms with Gasteiger partial charge in [-0.25, -0.2) is 4.79 Å². The van der Waals surface area contributed by atoms with Crippen LogP contribution in [-0.4, -0.2) is 70.7 Å². The van der Waals surface area contributed by atoms with Crippen molar-refractivity contribution in [3.05, 3.63) is 0 Å². The zero-order valence-corrected chi connectivity index (χ0v) is 26.9. The molecule has 244 valence electrons. The molecule has 3 heterocycles. The Kier molecular flexibility index (Phi) is 7.71. The molecule has 0 aromatic heterocycles. The van der Waals surface area contributed by atoms with Crippen LogP contribution in [0.4, 0.5) is 0 Å². The number of piperidine rings is 1. The Morgan fingerprint density at radius 1 is 1.02 bits per heavy atom. The summed E-state index contributed by atoms with van der Waals surface area (Å²) in [6, 6.07) is -0.778. The number of fused-ring (bicyclic) bond motifs is 7. The summed E-state index contributed by atoms with van der Waals surface area (Å²) in [7, 11) is 0. The number of esters is 1. The maximum atomic E-state index is 14.3. The van der Waals surface area contributed by atoms with E-state index >= 15 is 0 Å². The van der Waals surface area contributed by atoms with Gasteiger partial charge in [0.2, 0.25) is 5.91 Å². The van der Waals surface area contributed by atoms with Crippen LogP contribution in [0.15, 0.2) is 0 Å². The van der Waals surface area contributed by atoms with Crippen LogP contribution in [0.25, 0.3) is 0 Å². The lowest BCUT2D eigenvalue weighted by Gasteiger charge is -2.60. The summed E-state index contributed by atoms with van der Waals surface area (Å²) < 4.78 is 12.8. The molecule has 4 aliphatic carbocycles. The smallest absolute Gasteiger partial charge is 0.326 e. The number of carboxylic acid groups (broad SMARTS) is 1. The third kappa shape index (κ3) is 4.60. The number of rotatable bonds is 5. The lowest BCUT2D eigenvalue weighted by Crippen LogP contribution is -2.59. The topological polar surface area (TPSA) is 122 Å². The van der Waals surface area contributed by atoms with Crippen LogP contribution in [-0.2, 0) is 28.7 Å². The lowest BCUT2D eigenvalue weighted by molar-refractivity contribution is -0.170. The van der Waals surface area contributed by atoms with Gasteiger partial charge in [0, 0.05) is 36.6 Å². The molecule has 44 heavy (non-hydrogen) atoms. The Labute approximate surface area is 261 Å². The summed E-state index contributed by atoms with van der Waals surface area (Å²) in [6.45, 7) is 8.48. The molecule has 1 amide bonds. The van der Waals surface area contributed by atoms with Crippen molar-refractivity contribution in [2.75, 3.05) is 13.1 Å². The zero-order valence-electron chi connectivity index (χ0n) is 26.9. The number of carbonyl (C=O) groups is 4. The molecule has 3 saturated heterocycles. The monoisotopic (exact) mass is 612 g/mol. The highest BCUT2D eigenvalue weighted by Crippen LogP contribution is 2.70. The van der Waals surface area contributed by atoms with Gasteiger partial charge < -0.3 is 19.5 Å². The molecule has 0 radical (unpaired) electrons. The molecular weight excluding hydrogens is 560 g/mol. The van der Waals surface area contributed by atoms with Crippen LogP contribution in [0.3, 0.4) is 0 Å². The standard InChI is InChI=1S/C35H52N2O7/c1-20-31-27(44-35(20)13-4-5-15-36-35)18-25-23-9-8-21-17-22(12-14-33(21,2)24(23)19-28(38)34(25,31)3)43-30(40)11-10-29(39)37-16-6-7-26(37)32(41)42/h20-27,31,36H,4-19H2,1-3H3,(H,41,42)/t20-,21-,22-,23?,24?,25?,26-,27?,31?,33-,34+,35+/m0/s1. The van der Waals surface area contributed by atoms with Crippen LogP contribution in [0, 0.1) is 46.3 Å². The Balaban J connectivity index is 0.974. The number of nitrogens with zero attached hydrogens (tertiary/aromatic N) is 1. The largest absolute Gasteiger partial charge is 0.480 e. The maximum Gasteiger partial charge on any atom is 0.326 e. The van der Waals surface area contributed by atoms with Crippen LogP contribution >= 0.6 is 0 Å². The number of carboxylic acids is 1. The highest BCUT2D eigenvalue weighted by Gasteiger charge is 2.71. The number of ketones is 1. The first-order chi connectivity index (χ1) is 21.0. The Morgan fingerprint density at radius 2 is 1.84 bits per heavy atom. The third-order valence-electron chi connectivity index (χ3n) is 14.3. The third-order valence-corrected chi connectivity index (χ3v) is 14.3. The molecule has 9 nitrogen and oxygen atoms in total. The van der Waals surface area contributed by atoms with Gasteiger partial charge in [0.15, 0.2) is 0 Å².